The molecule has 0 radical (unpaired) electrons. The minimum atomic E-state index is -0.152. The van der Waals surface area contributed by atoms with Crippen LogP contribution in [0.15, 0.2) is 0 Å². The third-order valence-electron chi connectivity index (χ3n) is 7.10. The van der Waals surface area contributed by atoms with E-state index in [-0.39, 0.29) is 17.4 Å². The lowest BCUT2D eigenvalue weighted by Crippen LogP contribution is -2.53. The third kappa shape index (κ3) is 4.83. The molecule has 0 aromatic carbocycles. The van der Waals surface area contributed by atoms with Gasteiger partial charge in [-0.1, -0.05) is 19.3 Å². The maximum Gasteiger partial charge on any atom is 0.224 e. The topological polar surface area (TPSA) is 61.9 Å². The van der Waals surface area contributed by atoms with Crippen LogP contribution in [0.4, 0.5) is 0 Å². The van der Waals surface area contributed by atoms with E-state index >= 15 is 0 Å². The van der Waals surface area contributed by atoms with Crippen molar-refractivity contribution in [3.8, 4) is 0 Å². The highest BCUT2D eigenvalue weighted by molar-refractivity contribution is 5.78. The van der Waals surface area contributed by atoms with Gasteiger partial charge in [0, 0.05) is 45.7 Å². The van der Waals surface area contributed by atoms with Crippen LogP contribution < -0.4 is 5.32 Å². The number of rotatable bonds is 4. The standard InChI is InChI=1S/C21H35N3O3/c25-19-12-18(13-22-19)14-23-9-7-21(8-10-23)16-24(20(26)6-11-27-21)15-17-4-2-1-3-5-17/h17-18H,1-16H2,(H,22,25). The largest absolute Gasteiger partial charge is 0.373 e. The molecular weight excluding hydrogens is 342 g/mol. The first-order valence-corrected chi connectivity index (χ1v) is 11.0. The molecular formula is C21H35N3O3. The molecule has 0 aromatic heterocycles. The Kier molecular flexibility index (Phi) is 6.02. The number of nitrogens with zero attached hydrogens (tertiary/aromatic N) is 2. The van der Waals surface area contributed by atoms with Crippen LogP contribution in [-0.2, 0) is 14.3 Å². The molecule has 152 valence electrons. The average molecular weight is 378 g/mol. The molecule has 4 fully saturated rings. The van der Waals surface area contributed by atoms with E-state index in [1.54, 1.807) is 0 Å². The normalized spacial score (nSPS) is 30.5. The second kappa shape index (κ2) is 8.48. The summed E-state index contributed by atoms with van der Waals surface area (Å²) in [6.45, 7) is 6.12. The van der Waals surface area contributed by atoms with Crippen LogP contribution in [0, 0.1) is 11.8 Å². The second-order valence-corrected chi connectivity index (χ2v) is 9.23. The summed E-state index contributed by atoms with van der Waals surface area (Å²) in [5.41, 5.74) is -0.152. The lowest BCUT2D eigenvalue weighted by atomic mass is 9.87. The van der Waals surface area contributed by atoms with Crippen molar-refractivity contribution in [3.63, 3.8) is 0 Å². The SMILES string of the molecule is O=C1CC(CN2CCC3(CC2)CN(CC2CCCCC2)C(=O)CCO3)CN1. The minimum absolute atomic E-state index is 0.152. The highest BCUT2D eigenvalue weighted by atomic mass is 16.5. The van der Waals surface area contributed by atoms with E-state index in [0.29, 0.717) is 31.3 Å². The van der Waals surface area contributed by atoms with Crippen molar-refractivity contribution in [2.45, 2.75) is 63.4 Å². The van der Waals surface area contributed by atoms with Crippen molar-refractivity contribution in [2.24, 2.45) is 11.8 Å². The number of piperidine rings is 1. The summed E-state index contributed by atoms with van der Waals surface area (Å²) in [7, 11) is 0. The number of nitrogens with one attached hydrogen (secondary N) is 1. The molecule has 27 heavy (non-hydrogen) atoms. The first-order valence-electron chi connectivity index (χ1n) is 11.0. The van der Waals surface area contributed by atoms with Gasteiger partial charge in [-0.2, -0.15) is 0 Å². The summed E-state index contributed by atoms with van der Waals surface area (Å²) < 4.78 is 6.30. The Bertz CT molecular complexity index is 539. The van der Waals surface area contributed by atoms with E-state index in [1.807, 2.05) is 0 Å². The van der Waals surface area contributed by atoms with Gasteiger partial charge in [-0.05, 0) is 37.5 Å². The van der Waals surface area contributed by atoms with E-state index in [4.69, 9.17) is 4.74 Å². The van der Waals surface area contributed by atoms with Gasteiger partial charge in [0.25, 0.3) is 0 Å². The Morgan fingerprint density at radius 3 is 2.52 bits per heavy atom. The predicted molar refractivity (Wildman–Crippen MR) is 103 cm³/mol. The van der Waals surface area contributed by atoms with Crippen LogP contribution in [0.2, 0.25) is 0 Å². The molecule has 1 spiro atoms. The molecule has 3 aliphatic heterocycles. The van der Waals surface area contributed by atoms with E-state index in [0.717, 1.165) is 52.1 Å². The van der Waals surface area contributed by atoms with Gasteiger partial charge in [-0.3, -0.25) is 9.59 Å². The average Bonchev–Trinajstić information content (AvgIpc) is 3.02. The zero-order valence-corrected chi connectivity index (χ0v) is 16.6. The highest BCUT2D eigenvalue weighted by Crippen LogP contribution is 2.32. The summed E-state index contributed by atoms with van der Waals surface area (Å²) in [6, 6.07) is 0. The fourth-order valence-corrected chi connectivity index (χ4v) is 5.45. The first kappa shape index (κ1) is 19.2. The maximum atomic E-state index is 12.6. The number of amides is 2. The number of carbonyl (C=O) groups is 2. The van der Waals surface area contributed by atoms with Gasteiger partial charge in [-0.25, -0.2) is 0 Å². The maximum absolute atomic E-state index is 12.6. The number of carbonyl (C=O) groups excluding carboxylic acids is 2. The smallest absolute Gasteiger partial charge is 0.224 e. The molecule has 1 saturated carbocycles. The van der Waals surface area contributed by atoms with Crippen LogP contribution in [0.3, 0.4) is 0 Å². The van der Waals surface area contributed by atoms with Crippen LogP contribution in [0.5, 0.6) is 0 Å². The fraction of sp³-hybridized carbons (Fsp3) is 0.905. The lowest BCUT2D eigenvalue weighted by Gasteiger charge is -2.43. The second-order valence-electron chi connectivity index (χ2n) is 9.23. The molecule has 0 bridgehead atoms. The van der Waals surface area contributed by atoms with Crippen molar-refractivity contribution in [3.05, 3.63) is 0 Å². The minimum Gasteiger partial charge on any atom is -0.373 e. The third-order valence-corrected chi connectivity index (χ3v) is 7.10. The molecule has 6 heteroatoms. The molecule has 3 saturated heterocycles. The first-order chi connectivity index (χ1) is 13.1. The van der Waals surface area contributed by atoms with E-state index < -0.39 is 0 Å². The Balaban J connectivity index is 1.31. The number of likely N-dealkylation sites (tertiary alicyclic amines) is 1. The monoisotopic (exact) mass is 377 g/mol. The van der Waals surface area contributed by atoms with Crippen molar-refractivity contribution in [2.75, 3.05) is 45.9 Å². The molecule has 4 aliphatic rings. The molecule has 4 rings (SSSR count). The van der Waals surface area contributed by atoms with Crippen LogP contribution in [0.25, 0.3) is 0 Å². The number of ether oxygens (including phenoxy) is 1. The zero-order valence-electron chi connectivity index (χ0n) is 16.6. The van der Waals surface area contributed by atoms with E-state index in [2.05, 4.69) is 15.1 Å². The lowest BCUT2D eigenvalue weighted by molar-refractivity contribution is -0.132. The van der Waals surface area contributed by atoms with Crippen LogP contribution in [0.1, 0.15) is 57.8 Å². The van der Waals surface area contributed by atoms with Gasteiger partial charge in [-0.15, -0.1) is 0 Å². The summed E-state index contributed by atoms with van der Waals surface area (Å²) in [4.78, 5) is 28.7. The quantitative estimate of drug-likeness (QED) is 0.811. The van der Waals surface area contributed by atoms with Crippen molar-refractivity contribution in [1.29, 1.82) is 0 Å². The Labute approximate surface area is 163 Å². The van der Waals surface area contributed by atoms with Crippen molar-refractivity contribution < 1.29 is 14.3 Å². The molecule has 1 aliphatic carbocycles. The molecule has 0 aromatic rings. The molecule has 1 atom stereocenters. The summed E-state index contributed by atoms with van der Waals surface area (Å²) >= 11 is 0. The van der Waals surface area contributed by atoms with E-state index in [1.165, 1.54) is 32.1 Å². The predicted octanol–water partition coefficient (Wildman–Crippen LogP) is 1.79. The molecule has 1 unspecified atom stereocenters. The van der Waals surface area contributed by atoms with Crippen molar-refractivity contribution in [1.82, 2.24) is 15.1 Å². The Hall–Kier alpha value is -1.14. The highest BCUT2D eigenvalue weighted by Gasteiger charge is 2.41. The fourth-order valence-electron chi connectivity index (χ4n) is 5.45. The Morgan fingerprint density at radius 1 is 1.04 bits per heavy atom. The van der Waals surface area contributed by atoms with Gasteiger partial charge in [0.15, 0.2) is 0 Å². The molecule has 1 N–H and O–H groups in total. The van der Waals surface area contributed by atoms with Crippen LogP contribution >= 0.6 is 0 Å². The molecule has 2 amide bonds. The van der Waals surface area contributed by atoms with Gasteiger partial charge >= 0.3 is 0 Å². The van der Waals surface area contributed by atoms with Gasteiger partial charge in [0.05, 0.1) is 18.6 Å². The summed E-state index contributed by atoms with van der Waals surface area (Å²) in [5, 5.41) is 2.94. The van der Waals surface area contributed by atoms with Crippen LogP contribution in [-0.4, -0.2) is 73.1 Å². The van der Waals surface area contributed by atoms with Crippen molar-refractivity contribution >= 4 is 11.8 Å². The Morgan fingerprint density at radius 2 is 1.81 bits per heavy atom. The molecule has 6 nitrogen and oxygen atoms in total. The van der Waals surface area contributed by atoms with Gasteiger partial charge in [0.2, 0.25) is 11.8 Å². The number of hydrogen-bond donors (Lipinski definition) is 1. The van der Waals surface area contributed by atoms with Gasteiger partial charge in [0.1, 0.15) is 0 Å². The summed E-state index contributed by atoms with van der Waals surface area (Å²) in [5.74, 6) is 1.61. The van der Waals surface area contributed by atoms with Gasteiger partial charge < -0.3 is 19.9 Å². The van der Waals surface area contributed by atoms with E-state index in [9.17, 15) is 9.59 Å². The molecule has 3 heterocycles. The summed E-state index contributed by atoms with van der Waals surface area (Å²) in [6.07, 6.45) is 9.75. The zero-order chi connectivity index (χ0) is 18.7. The number of hydrogen-bond acceptors (Lipinski definition) is 4.